The van der Waals surface area contributed by atoms with Crippen molar-refractivity contribution in [2.75, 3.05) is 4.90 Å². The number of carbonyl (C=O) groups excluding carboxylic acids is 2. The summed E-state index contributed by atoms with van der Waals surface area (Å²) in [6.45, 7) is 0. The van der Waals surface area contributed by atoms with Gasteiger partial charge in [-0.25, -0.2) is 13.7 Å². The maximum Gasteiger partial charge on any atom is 0.238 e. The van der Waals surface area contributed by atoms with E-state index in [2.05, 4.69) is 0 Å². The van der Waals surface area contributed by atoms with Crippen molar-refractivity contribution in [2.45, 2.75) is 11.8 Å². The van der Waals surface area contributed by atoms with E-state index in [0.29, 0.717) is 6.07 Å². The van der Waals surface area contributed by atoms with Crippen LogP contribution >= 0.6 is 0 Å². The zero-order valence-electron chi connectivity index (χ0n) is 15.2. The van der Waals surface area contributed by atoms with E-state index in [-0.39, 0.29) is 17.5 Å². The molecule has 5 heteroatoms. The number of nitrogens with zero attached hydrogens (tertiary/aromatic N) is 1. The fourth-order valence-corrected chi connectivity index (χ4v) is 5.58. The van der Waals surface area contributed by atoms with Crippen LogP contribution in [0.3, 0.4) is 0 Å². The van der Waals surface area contributed by atoms with Crippen LogP contribution in [-0.2, 0) is 9.59 Å². The predicted octanol–water partition coefficient (Wildman–Crippen LogP) is 4.36. The van der Waals surface area contributed by atoms with Crippen molar-refractivity contribution in [3.63, 3.8) is 0 Å². The van der Waals surface area contributed by atoms with Gasteiger partial charge in [0, 0.05) is 17.9 Å². The molecule has 3 aromatic rings. The molecule has 0 N–H and O–H groups in total. The molecule has 7 rings (SSSR count). The molecule has 1 fully saturated rings. The average molecular weight is 387 g/mol. The SMILES string of the molecule is O=C1C2C3c4ccccc4C(c4ccccc43)C2C(=O)N1c1ccc(F)cc1F. The van der Waals surface area contributed by atoms with Crippen LogP contribution in [0.15, 0.2) is 66.7 Å². The molecule has 1 aliphatic heterocycles. The highest BCUT2D eigenvalue weighted by Crippen LogP contribution is 2.61. The lowest BCUT2D eigenvalue weighted by molar-refractivity contribution is -0.122. The van der Waals surface area contributed by atoms with Crippen LogP contribution in [0.4, 0.5) is 14.5 Å². The minimum atomic E-state index is -0.910. The van der Waals surface area contributed by atoms with Crippen LogP contribution in [0.25, 0.3) is 0 Å². The lowest BCUT2D eigenvalue weighted by Gasteiger charge is -2.45. The normalized spacial score (nSPS) is 26.3. The molecule has 1 heterocycles. The number of carbonyl (C=O) groups is 2. The monoisotopic (exact) mass is 387 g/mol. The van der Waals surface area contributed by atoms with E-state index in [1.165, 1.54) is 6.07 Å². The number of hydrogen-bond acceptors (Lipinski definition) is 2. The third-order valence-corrected chi connectivity index (χ3v) is 6.60. The van der Waals surface area contributed by atoms with Gasteiger partial charge in [0.15, 0.2) is 0 Å². The number of imide groups is 1. The summed E-state index contributed by atoms with van der Waals surface area (Å²) in [5.41, 5.74) is 4.04. The Morgan fingerprint density at radius 1 is 0.655 bits per heavy atom. The minimum Gasteiger partial charge on any atom is -0.274 e. The van der Waals surface area contributed by atoms with E-state index in [0.717, 1.165) is 33.2 Å². The molecule has 1 saturated heterocycles. The molecular formula is C24H15F2NO2. The Labute approximate surface area is 165 Å². The number of halogens is 2. The summed E-state index contributed by atoms with van der Waals surface area (Å²) in [5, 5.41) is 0. The molecule has 2 atom stereocenters. The Hall–Kier alpha value is -3.34. The van der Waals surface area contributed by atoms with E-state index >= 15 is 0 Å². The van der Waals surface area contributed by atoms with Crippen molar-refractivity contribution in [3.05, 3.63) is 101 Å². The van der Waals surface area contributed by atoms with Crippen LogP contribution < -0.4 is 4.90 Å². The maximum absolute atomic E-state index is 14.5. The van der Waals surface area contributed by atoms with E-state index in [1.54, 1.807) is 0 Å². The maximum atomic E-state index is 14.5. The number of amides is 2. The molecule has 29 heavy (non-hydrogen) atoms. The lowest BCUT2D eigenvalue weighted by atomic mass is 9.55. The third-order valence-electron chi connectivity index (χ3n) is 6.60. The third kappa shape index (κ3) is 2.00. The van der Waals surface area contributed by atoms with Gasteiger partial charge in [-0.05, 0) is 34.4 Å². The summed E-state index contributed by atoms with van der Waals surface area (Å²) in [4.78, 5) is 27.8. The Balaban J connectivity index is 1.57. The molecule has 2 amide bonds. The Kier molecular flexibility index (Phi) is 3.20. The lowest BCUT2D eigenvalue weighted by Crippen LogP contribution is -2.41. The fourth-order valence-electron chi connectivity index (χ4n) is 5.58. The minimum absolute atomic E-state index is 0.177. The average Bonchev–Trinajstić information content (AvgIpc) is 2.99. The topological polar surface area (TPSA) is 37.4 Å². The Morgan fingerprint density at radius 3 is 1.52 bits per heavy atom. The van der Waals surface area contributed by atoms with Crippen LogP contribution in [-0.4, -0.2) is 11.8 Å². The smallest absolute Gasteiger partial charge is 0.238 e. The summed E-state index contributed by atoms with van der Waals surface area (Å²) in [7, 11) is 0. The van der Waals surface area contributed by atoms with Gasteiger partial charge in [-0.15, -0.1) is 0 Å². The second kappa shape index (κ2) is 5.60. The van der Waals surface area contributed by atoms with Gasteiger partial charge in [0.05, 0.1) is 17.5 Å². The van der Waals surface area contributed by atoms with Gasteiger partial charge >= 0.3 is 0 Å². The Morgan fingerprint density at radius 2 is 1.10 bits per heavy atom. The van der Waals surface area contributed by atoms with Gasteiger partial charge in [0.1, 0.15) is 11.6 Å². The van der Waals surface area contributed by atoms with Gasteiger partial charge in [0.2, 0.25) is 11.8 Å². The van der Waals surface area contributed by atoms with E-state index in [4.69, 9.17) is 0 Å². The first-order valence-electron chi connectivity index (χ1n) is 9.58. The van der Waals surface area contributed by atoms with Gasteiger partial charge in [0.25, 0.3) is 0 Å². The van der Waals surface area contributed by atoms with Crippen molar-refractivity contribution in [1.82, 2.24) is 0 Å². The highest BCUT2D eigenvalue weighted by Gasteiger charge is 2.62. The number of anilines is 1. The molecule has 3 aliphatic carbocycles. The molecule has 3 nitrogen and oxygen atoms in total. The van der Waals surface area contributed by atoms with Crippen LogP contribution in [0, 0.1) is 23.5 Å². The largest absolute Gasteiger partial charge is 0.274 e. The van der Waals surface area contributed by atoms with Crippen molar-refractivity contribution in [2.24, 2.45) is 11.8 Å². The molecule has 142 valence electrons. The zero-order chi connectivity index (χ0) is 19.9. The predicted molar refractivity (Wildman–Crippen MR) is 102 cm³/mol. The summed E-state index contributed by atoms with van der Waals surface area (Å²) < 4.78 is 27.9. The summed E-state index contributed by atoms with van der Waals surface area (Å²) in [5.74, 6) is -4.14. The molecule has 3 aromatic carbocycles. The second-order valence-electron chi connectivity index (χ2n) is 7.87. The zero-order valence-corrected chi connectivity index (χ0v) is 15.2. The van der Waals surface area contributed by atoms with E-state index in [9.17, 15) is 18.4 Å². The molecule has 2 bridgehead atoms. The molecule has 0 aromatic heterocycles. The standard InChI is InChI=1S/C24H15F2NO2/c25-12-9-10-18(17(26)11-12)27-23(28)21-19-13-5-1-2-6-14(13)20(22(21)24(27)29)16-8-4-3-7-15(16)19/h1-11,19-22H. The number of rotatable bonds is 1. The molecule has 2 unspecified atom stereocenters. The molecular weight excluding hydrogens is 372 g/mol. The van der Waals surface area contributed by atoms with Gasteiger partial charge in [-0.3, -0.25) is 9.59 Å². The molecule has 4 aliphatic rings. The molecule has 0 radical (unpaired) electrons. The number of benzene rings is 3. The first-order chi connectivity index (χ1) is 14.1. The van der Waals surface area contributed by atoms with Crippen LogP contribution in [0.5, 0.6) is 0 Å². The van der Waals surface area contributed by atoms with Gasteiger partial charge in [-0.1, -0.05) is 48.5 Å². The number of hydrogen-bond donors (Lipinski definition) is 0. The van der Waals surface area contributed by atoms with E-state index in [1.807, 2.05) is 48.5 Å². The Bertz CT molecular complexity index is 1110. The van der Waals surface area contributed by atoms with Gasteiger partial charge < -0.3 is 0 Å². The first kappa shape index (κ1) is 16.6. The van der Waals surface area contributed by atoms with Crippen LogP contribution in [0.1, 0.15) is 34.1 Å². The fraction of sp³-hybridized carbons (Fsp3) is 0.167. The van der Waals surface area contributed by atoms with Crippen molar-refractivity contribution >= 4 is 17.5 Å². The van der Waals surface area contributed by atoms with Crippen LogP contribution in [0.2, 0.25) is 0 Å². The van der Waals surface area contributed by atoms with Gasteiger partial charge in [-0.2, -0.15) is 0 Å². The van der Waals surface area contributed by atoms with E-state index < -0.39 is 35.3 Å². The quantitative estimate of drug-likeness (QED) is 0.582. The van der Waals surface area contributed by atoms with Crippen molar-refractivity contribution < 1.29 is 18.4 Å². The summed E-state index contributed by atoms with van der Waals surface area (Å²) in [6, 6.07) is 18.7. The molecule has 0 spiro atoms. The van der Waals surface area contributed by atoms with Crippen molar-refractivity contribution in [3.8, 4) is 0 Å². The highest BCUT2D eigenvalue weighted by atomic mass is 19.1. The second-order valence-corrected chi connectivity index (χ2v) is 7.87. The summed E-state index contributed by atoms with van der Waals surface area (Å²) in [6.07, 6.45) is 0. The molecule has 0 saturated carbocycles. The summed E-state index contributed by atoms with van der Waals surface area (Å²) >= 11 is 0. The van der Waals surface area contributed by atoms with Crippen molar-refractivity contribution in [1.29, 1.82) is 0 Å². The highest BCUT2D eigenvalue weighted by molar-refractivity contribution is 6.23. The first-order valence-corrected chi connectivity index (χ1v) is 9.58.